The number of nitrogens with one attached hydrogen (secondary N) is 1. The first kappa shape index (κ1) is 15.5. The highest BCUT2D eigenvalue weighted by Crippen LogP contribution is 2.27. The summed E-state index contributed by atoms with van der Waals surface area (Å²) in [5.41, 5.74) is 7.68. The number of halogens is 2. The molecule has 0 aliphatic carbocycles. The Bertz CT molecular complexity index is 861. The normalized spacial score (nSPS) is 10.5. The maximum absolute atomic E-state index is 13.7. The summed E-state index contributed by atoms with van der Waals surface area (Å²) >= 11 is 7.11. The van der Waals surface area contributed by atoms with Crippen LogP contribution in [0.15, 0.2) is 47.8 Å². The number of anilines is 2. The van der Waals surface area contributed by atoms with Crippen molar-refractivity contribution in [1.82, 2.24) is 4.98 Å². The van der Waals surface area contributed by atoms with E-state index < -0.39 is 11.7 Å². The smallest absolute Gasteiger partial charge is 0.261 e. The number of carbonyl (C=O) groups excluding carboxylic acids is 1. The maximum atomic E-state index is 13.7. The number of benzene rings is 2. The topological polar surface area (TPSA) is 68.0 Å². The number of aromatic nitrogens is 1. The van der Waals surface area contributed by atoms with Crippen LogP contribution in [0.5, 0.6) is 0 Å². The zero-order valence-electron chi connectivity index (χ0n) is 11.7. The van der Waals surface area contributed by atoms with Crippen molar-refractivity contribution in [2.45, 2.75) is 0 Å². The number of nitrogens with two attached hydrogens (primary N) is 1. The third-order valence-electron chi connectivity index (χ3n) is 3.10. The van der Waals surface area contributed by atoms with Gasteiger partial charge in [-0.3, -0.25) is 10.1 Å². The van der Waals surface area contributed by atoms with Gasteiger partial charge in [0.25, 0.3) is 5.91 Å². The molecule has 1 heterocycles. The first-order chi connectivity index (χ1) is 11.0. The molecule has 0 fully saturated rings. The predicted molar refractivity (Wildman–Crippen MR) is 91.3 cm³/mol. The predicted octanol–water partition coefficient (Wildman–Crippen LogP) is 4.44. The van der Waals surface area contributed by atoms with Crippen LogP contribution in [0.25, 0.3) is 11.3 Å². The lowest BCUT2D eigenvalue weighted by atomic mass is 10.1. The number of hydrogen-bond acceptors (Lipinski definition) is 4. The van der Waals surface area contributed by atoms with Gasteiger partial charge in [0.2, 0.25) is 0 Å². The Labute approximate surface area is 140 Å². The molecule has 1 amide bonds. The molecule has 3 N–H and O–H groups in total. The number of nitrogen functional groups attached to an aromatic ring is 1. The number of amides is 1. The van der Waals surface area contributed by atoms with Gasteiger partial charge in [-0.05, 0) is 24.3 Å². The Balaban J connectivity index is 1.83. The van der Waals surface area contributed by atoms with Crippen LogP contribution in [0.4, 0.5) is 15.2 Å². The number of rotatable bonds is 3. The lowest BCUT2D eigenvalue weighted by Gasteiger charge is -2.05. The summed E-state index contributed by atoms with van der Waals surface area (Å²) in [6.45, 7) is 0. The van der Waals surface area contributed by atoms with Crippen molar-refractivity contribution in [3.8, 4) is 11.3 Å². The molecule has 0 saturated carbocycles. The third kappa shape index (κ3) is 3.33. The fourth-order valence-corrected chi connectivity index (χ4v) is 3.00. The van der Waals surface area contributed by atoms with E-state index in [0.29, 0.717) is 16.5 Å². The molecule has 0 aliphatic heterocycles. The lowest BCUT2D eigenvalue weighted by molar-refractivity contribution is 0.102. The molecule has 7 heteroatoms. The average molecular weight is 348 g/mol. The highest BCUT2D eigenvalue weighted by atomic mass is 35.5. The zero-order chi connectivity index (χ0) is 16.4. The van der Waals surface area contributed by atoms with E-state index in [-0.39, 0.29) is 10.6 Å². The van der Waals surface area contributed by atoms with E-state index in [4.69, 9.17) is 17.3 Å². The van der Waals surface area contributed by atoms with Crippen LogP contribution in [-0.4, -0.2) is 10.9 Å². The summed E-state index contributed by atoms with van der Waals surface area (Å²) in [5.74, 6) is -1.32. The minimum atomic E-state index is -0.678. The van der Waals surface area contributed by atoms with Gasteiger partial charge in [-0.2, -0.15) is 0 Å². The summed E-state index contributed by atoms with van der Waals surface area (Å²) in [7, 11) is 0. The van der Waals surface area contributed by atoms with Gasteiger partial charge >= 0.3 is 0 Å². The minimum absolute atomic E-state index is 0.0510. The van der Waals surface area contributed by atoms with Crippen molar-refractivity contribution in [1.29, 1.82) is 0 Å². The molecule has 116 valence electrons. The molecule has 0 radical (unpaired) electrons. The first-order valence-corrected chi connectivity index (χ1v) is 7.87. The van der Waals surface area contributed by atoms with Gasteiger partial charge in [-0.1, -0.05) is 29.8 Å². The summed E-state index contributed by atoms with van der Waals surface area (Å²) in [4.78, 5) is 16.5. The van der Waals surface area contributed by atoms with Crippen LogP contribution in [0.2, 0.25) is 5.02 Å². The van der Waals surface area contributed by atoms with Gasteiger partial charge < -0.3 is 5.73 Å². The Morgan fingerprint density at radius 3 is 2.78 bits per heavy atom. The molecule has 0 unspecified atom stereocenters. The SMILES string of the molecule is Nc1cccc(-c2csc(NC(=O)c3c(F)cccc3Cl)n2)c1. The van der Waals surface area contributed by atoms with E-state index in [2.05, 4.69) is 10.3 Å². The van der Waals surface area contributed by atoms with E-state index in [1.165, 1.54) is 29.5 Å². The molecule has 23 heavy (non-hydrogen) atoms. The Kier molecular flexibility index (Phi) is 4.27. The summed E-state index contributed by atoms with van der Waals surface area (Å²) in [6.07, 6.45) is 0. The molecule has 0 atom stereocenters. The van der Waals surface area contributed by atoms with Gasteiger partial charge in [-0.25, -0.2) is 9.37 Å². The minimum Gasteiger partial charge on any atom is -0.399 e. The molecule has 1 aromatic heterocycles. The van der Waals surface area contributed by atoms with Gasteiger partial charge in [0.15, 0.2) is 5.13 Å². The van der Waals surface area contributed by atoms with E-state index in [1.54, 1.807) is 17.5 Å². The second-order valence-electron chi connectivity index (χ2n) is 4.71. The Hall–Kier alpha value is -2.44. The van der Waals surface area contributed by atoms with Crippen LogP contribution in [0.1, 0.15) is 10.4 Å². The number of carbonyl (C=O) groups is 1. The van der Waals surface area contributed by atoms with Crippen molar-refractivity contribution < 1.29 is 9.18 Å². The molecule has 3 rings (SSSR count). The zero-order valence-corrected chi connectivity index (χ0v) is 13.3. The van der Waals surface area contributed by atoms with Crippen molar-refractivity contribution in [2.75, 3.05) is 11.1 Å². The van der Waals surface area contributed by atoms with E-state index >= 15 is 0 Å². The van der Waals surface area contributed by atoms with Crippen LogP contribution < -0.4 is 11.1 Å². The standard InChI is InChI=1S/C16H11ClFN3OS/c17-11-5-2-6-12(18)14(11)15(22)21-16-20-13(8-23-16)9-3-1-4-10(19)7-9/h1-8H,19H2,(H,20,21,22). The van der Waals surface area contributed by atoms with Gasteiger partial charge in [-0.15, -0.1) is 11.3 Å². The molecular formula is C16H11ClFN3OS. The molecule has 0 saturated heterocycles. The summed E-state index contributed by atoms with van der Waals surface area (Å²) < 4.78 is 13.7. The Morgan fingerprint density at radius 2 is 2.04 bits per heavy atom. The maximum Gasteiger partial charge on any atom is 0.261 e. The molecule has 0 bridgehead atoms. The van der Waals surface area contributed by atoms with Crippen molar-refractivity contribution in [2.24, 2.45) is 0 Å². The summed E-state index contributed by atoms with van der Waals surface area (Å²) in [6, 6.07) is 11.3. The van der Waals surface area contributed by atoms with Gasteiger partial charge in [0, 0.05) is 16.6 Å². The molecule has 2 aromatic carbocycles. The molecule has 0 spiro atoms. The number of hydrogen-bond donors (Lipinski definition) is 2. The highest BCUT2D eigenvalue weighted by molar-refractivity contribution is 7.14. The fraction of sp³-hybridized carbons (Fsp3) is 0. The van der Waals surface area contributed by atoms with Crippen molar-refractivity contribution in [3.05, 3.63) is 64.2 Å². The molecule has 4 nitrogen and oxygen atoms in total. The van der Waals surface area contributed by atoms with E-state index in [0.717, 1.165) is 5.56 Å². The monoisotopic (exact) mass is 347 g/mol. The number of thiazole rings is 1. The van der Waals surface area contributed by atoms with Crippen LogP contribution in [0, 0.1) is 5.82 Å². The third-order valence-corrected chi connectivity index (χ3v) is 4.17. The second-order valence-corrected chi connectivity index (χ2v) is 5.98. The van der Waals surface area contributed by atoms with Crippen molar-refractivity contribution in [3.63, 3.8) is 0 Å². The van der Waals surface area contributed by atoms with E-state index in [1.807, 2.05) is 12.1 Å². The van der Waals surface area contributed by atoms with Crippen LogP contribution >= 0.6 is 22.9 Å². The molecule has 0 aliphatic rings. The van der Waals surface area contributed by atoms with Crippen LogP contribution in [-0.2, 0) is 0 Å². The lowest BCUT2D eigenvalue weighted by Crippen LogP contribution is -2.14. The molecular weight excluding hydrogens is 337 g/mol. The van der Waals surface area contributed by atoms with E-state index in [9.17, 15) is 9.18 Å². The highest BCUT2D eigenvalue weighted by Gasteiger charge is 2.17. The van der Waals surface area contributed by atoms with Crippen molar-refractivity contribution >= 4 is 39.7 Å². The van der Waals surface area contributed by atoms with Crippen LogP contribution in [0.3, 0.4) is 0 Å². The summed E-state index contributed by atoms with van der Waals surface area (Å²) in [5, 5.41) is 4.75. The first-order valence-electron chi connectivity index (χ1n) is 6.61. The number of nitrogens with zero attached hydrogens (tertiary/aromatic N) is 1. The van der Waals surface area contributed by atoms with Gasteiger partial charge in [0.05, 0.1) is 16.3 Å². The largest absolute Gasteiger partial charge is 0.399 e. The van der Waals surface area contributed by atoms with Gasteiger partial charge in [0.1, 0.15) is 5.82 Å². The molecule has 3 aromatic rings. The Morgan fingerprint density at radius 1 is 1.26 bits per heavy atom. The second kappa shape index (κ2) is 6.36. The fourth-order valence-electron chi connectivity index (χ4n) is 2.04. The quantitative estimate of drug-likeness (QED) is 0.688. The average Bonchev–Trinajstić information content (AvgIpc) is 2.95.